The van der Waals surface area contributed by atoms with Crippen molar-refractivity contribution in [2.24, 2.45) is 0 Å². The maximum atomic E-state index is 12.3. The molecule has 29 heavy (non-hydrogen) atoms. The number of carbonyl (C=O) groups excluding carboxylic acids is 1. The van der Waals surface area contributed by atoms with Crippen LogP contribution in [0.4, 0.5) is 5.69 Å². The van der Waals surface area contributed by atoms with E-state index in [-0.39, 0.29) is 11.0 Å². The Morgan fingerprint density at radius 1 is 1.07 bits per heavy atom. The van der Waals surface area contributed by atoms with Crippen LogP contribution in [0.2, 0.25) is 0 Å². The molecule has 0 bridgehead atoms. The Bertz CT molecular complexity index is 1220. The fourth-order valence-corrected chi connectivity index (χ4v) is 3.55. The van der Waals surface area contributed by atoms with E-state index in [0.29, 0.717) is 28.2 Å². The van der Waals surface area contributed by atoms with Crippen molar-refractivity contribution in [2.45, 2.75) is 6.92 Å². The number of nitrogens with zero attached hydrogens (tertiary/aromatic N) is 1. The van der Waals surface area contributed by atoms with E-state index in [9.17, 15) is 4.79 Å². The predicted molar refractivity (Wildman–Crippen MR) is 127 cm³/mol. The molecule has 144 valence electrons. The maximum Gasteiger partial charge on any atom is 0.257 e. The molecule has 0 unspecified atom stereocenters. The molecule has 4 aromatic rings. The van der Waals surface area contributed by atoms with Gasteiger partial charge in [-0.1, -0.05) is 23.8 Å². The minimum Gasteiger partial charge on any atom is -0.436 e. The largest absolute Gasteiger partial charge is 0.436 e. The molecule has 2 N–H and O–H groups in total. The first-order valence-corrected chi connectivity index (χ1v) is 10.3. The Morgan fingerprint density at radius 3 is 2.62 bits per heavy atom. The van der Waals surface area contributed by atoms with Gasteiger partial charge in [0.2, 0.25) is 5.89 Å². The Hall–Kier alpha value is -2.78. The number of thiocarbonyl (C=S) groups is 1. The van der Waals surface area contributed by atoms with Gasteiger partial charge in [-0.05, 0) is 90.3 Å². The van der Waals surface area contributed by atoms with Gasteiger partial charge in [0.1, 0.15) is 5.52 Å². The molecule has 0 radical (unpaired) electrons. The first-order valence-electron chi connectivity index (χ1n) is 8.83. The summed E-state index contributed by atoms with van der Waals surface area (Å²) in [7, 11) is 0. The number of halogens is 1. The van der Waals surface area contributed by atoms with E-state index in [0.717, 1.165) is 14.7 Å². The van der Waals surface area contributed by atoms with Crippen molar-refractivity contribution < 1.29 is 9.21 Å². The standard InChI is InChI=1S/C22H16IN3O2S/c1-13-5-7-14(8-6-13)20(27)26-22(29)24-17-9-10-19-18(12-17)25-21(28-19)15-3-2-4-16(23)11-15/h2-12H,1H3,(H2,24,26,27,29). The van der Waals surface area contributed by atoms with Crippen LogP contribution in [-0.2, 0) is 0 Å². The van der Waals surface area contributed by atoms with Crippen LogP contribution in [0.25, 0.3) is 22.6 Å². The molecule has 7 heteroatoms. The lowest BCUT2D eigenvalue weighted by molar-refractivity contribution is 0.0977. The summed E-state index contributed by atoms with van der Waals surface area (Å²) >= 11 is 7.53. The van der Waals surface area contributed by atoms with Crippen LogP contribution in [0.5, 0.6) is 0 Å². The fraction of sp³-hybridized carbons (Fsp3) is 0.0455. The molecule has 0 aliphatic rings. The average Bonchev–Trinajstić information content (AvgIpc) is 3.12. The number of carbonyl (C=O) groups is 1. The van der Waals surface area contributed by atoms with Gasteiger partial charge in [0.15, 0.2) is 10.7 Å². The van der Waals surface area contributed by atoms with Gasteiger partial charge >= 0.3 is 0 Å². The van der Waals surface area contributed by atoms with Gasteiger partial charge in [0, 0.05) is 20.4 Å². The number of oxazole rings is 1. The number of fused-ring (bicyclic) bond motifs is 1. The summed E-state index contributed by atoms with van der Waals surface area (Å²) in [6.45, 7) is 1.97. The van der Waals surface area contributed by atoms with Gasteiger partial charge < -0.3 is 9.73 Å². The number of rotatable bonds is 3. The van der Waals surface area contributed by atoms with Crippen LogP contribution in [0.15, 0.2) is 71.1 Å². The molecule has 0 atom stereocenters. The number of hydrogen-bond donors (Lipinski definition) is 2. The number of anilines is 1. The van der Waals surface area contributed by atoms with Crippen molar-refractivity contribution in [3.63, 3.8) is 0 Å². The van der Waals surface area contributed by atoms with E-state index in [4.69, 9.17) is 16.6 Å². The summed E-state index contributed by atoms with van der Waals surface area (Å²) in [5, 5.41) is 5.93. The molecule has 0 saturated carbocycles. The molecule has 1 heterocycles. The smallest absolute Gasteiger partial charge is 0.257 e. The number of amides is 1. The summed E-state index contributed by atoms with van der Waals surface area (Å²) in [4.78, 5) is 16.9. The minimum atomic E-state index is -0.258. The molecule has 5 nitrogen and oxygen atoms in total. The summed E-state index contributed by atoms with van der Waals surface area (Å²) in [6.07, 6.45) is 0. The first-order chi connectivity index (χ1) is 14.0. The molecule has 0 aliphatic carbocycles. The summed E-state index contributed by atoms with van der Waals surface area (Å²) < 4.78 is 6.97. The summed E-state index contributed by atoms with van der Waals surface area (Å²) in [6, 6.07) is 20.7. The molecular weight excluding hydrogens is 497 g/mol. The second-order valence-electron chi connectivity index (χ2n) is 6.49. The molecule has 0 spiro atoms. The topological polar surface area (TPSA) is 67.2 Å². The van der Waals surface area contributed by atoms with Crippen LogP contribution in [0.1, 0.15) is 15.9 Å². The highest BCUT2D eigenvalue weighted by Crippen LogP contribution is 2.27. The zero-order valence-corrected chi connectivity index (χ0v) is 18.4. The van der Waals surface area contributed by atoms with Gasteiger partial charge in [-0.2, -0.15) is 0 Å². The molecule has 0 saturated heterocycles. The van der Waals surface area contributed by atoms with Crippen LogP contribution >= 0.6 is 34.8 Å². The third-order valence-electron chi connectivity index (χ3n) is 4.26. The lowest BCUT2D eigenvalue weighted by Gasteiger charge is -2.09. The highest BCUT2D eigenvalue weighted by molar-refractivity contribution is 14.1. The molecule has 0 aliphatic heterocycles. The van der Waals surface area contributed by atoms with E-state index in [1.165, 1.54) is 0 Å². The second kappa shape index (κ2) is 8.30. The van der Waals surface area contributed by atoms with Gasteiger partial charge in [0.25, 0.3) is 5.91 Å². The molecule has 1 amide bonds. The number of hydrogen-bond acceptors (Lipinski definition) is 4. The molecular formula is C22H16IN3O2S. The summed E-state index contributed by atoms with van der Waals surface area (Å²) in [5.41, 5.74) is 4.66. The van der Waals surface area contributed by atoms with Crippen LogP contribution in [-0.4, -0.2) is 16.0 Å². The minimum absolute atomic E-state index is 0.219. The van der Waals surface area contributed by atoms with Gasteiger partial charge in [-0.25, -0.2) is 4.98 Å². The zero-order valence-electron chi connectivity index (χ0n) is 15.4. The van der Waals surface area contributed by atoms with Crippen molar-refractivity contribution in [1.29, 1.82) is 0 Å². The molecule has 4 rings (SSSR count). The highest BCUT2D eigenvalue weighted by Gasteiger charge is 2.11. The second-order valence-corrected chi connectivity index (χ2v) is 8.14. The average molecular weight is 513 g/mol. The normalized spacial score (nSPS) is 10.7. The van der Waals surface area contributed by atoms with Crippen LogP contribution in [0.3, 0.4) is 0 Å². The Labute approximate surface area is 186 Å². The monoisotopic (exact) mass is 513 g/mol. The van der Waals surface area contributed by atoms with E-state index in [2.05, 4.69) is 38.2 Å². The third-order valence-corrected chi connectivity index (χ3v) is 5.13. The maximum absolute atomic E-state index is 12.3. The lowest BCUT2D eigenvalue weighted by atomic mass is 10.1. The predicted octanol–water partition coefficient (Wildman–Crippen LogP) is 5.53. The molecule has 3 aromatic carbocycles. The molecule has 1 aromatic heterocycles. The van der Waals surface area contributed by atoms with E-state index in [1.807, 2.05) is 61.5 Å². The van der Waals surface area contributed by atoms with E-state index < -0.39 is 0 Å². The van der Waals surface area contributed by atoms with Crippen LogP contribution < -0.4 is 10.6 Å². The Morgan fingerprint density at radius 2 is 1.86 bits per heavy atom. The Balaban J connectivity index is 1.48. The van der Waals surface area contributed by atoms with E-state index in [1.54, 1.807) is 12.1 Å². The summed E-state index contributed by atoms with van der Waals surface area (Å²) in [5.74, 6) is 0.303. The number of aromatic nitrogens is 1. The van der Waals surface area contributed by atoms with E-state index >= 15 is 0 Å². The quantitative estimate of drug-likeness (QED) is 0.279. The van der Waals surface area contributed by atoms with Crippen molar-refractivity contribution in [2.75, 3.05) is 5.32 Å². The fourth-order valence-electron chi connectivity index (χ4n) is 2.79. The molecule has 0 fully saturated rings. The SMILES string of the molecule is Cc1ccc(C(=O)NC(=S)Nc2ccc3oc(-c4cccc(I)c4)nc3c2)cc1. The Kier molecular flexibility index (Phi) is 5.59. The number of aryl methyl sites for hydroxylation is 1. The van der Waals surface area contributed by atoms with Crippen molar-refractivity contribution in [1.82, 2.24) is 10.3 Å². The number of benzene rings is 3. The first kappa shape index (κ1) is 19.5. The highest BCUT2D eigenvalue weighted by atomic mass is 127. The zero-order chi connectivity index (χ0) is 20.4. The van der Waals surface area contributed by atoms with Gasteiger partial charge in [-0.15, -0.1) is 0 Å². The van der Waals surface area contributed by atoms with Crippen molar-refractivity contribution >= 4 is 62.6 Å². The number of nitrogens with one attached hydrogen (secondary N) is 2. The van der Waals surface area contributed by atoms with Gasteiger partial charge in [0.05, 0.1) is 0 Å². The van der Waals surface area contributed by atoms with Crippen LogP contribution in [0, 0.1) is 10.5 Å². The lowest BCUT2D eigenvalue weighted by Crippen LogP contribution is -2.34. The van der Waals surface area contributed by atoms with Crippen molar-refractivity contribution in [3.05, 3.63) is 81.4 Å². The van der Waals surface area contributed by atoms with Crippen molar-refractivity contribution in [3.8, 4) is 11.5 Å². The van der Waals surface area contributed by atoms with Gasteiger partial charge in [-0.3, -0.25) is 10.1 Å². The third kappa shape index (κ3) is 4.63.